The van der Waals surface area contributed by atoms with Crippen LogP contribution in [0, 0.1) is 13.8 Å². The van der Waals surface area contributed by atoms with Gasteiger partial charge in [-0.05, 0) is 45.0 Å². The Morgan fingerprint density at radius 2 is 1.78 bits per heavy atom. The van der Waals surface area contributed by atoms with E-state index in [0.29, 0.717) is 6.54 Å². The Balaban J connectivity index is 0.00000126. The second kappa shape index (κ2) is 10.8. The van der Waals surface area contributed by atoms with Crippen molar-refractivity contribution >= 4 is 22.8 Å². The fraction of sp³-hybridized carbons (Fsp3) is 0.550. The molecule has 0 bridgehead atoms. The lowest BCUT2D eigenvalue weighted by molar-refractivity contribution is 0.0375. The average Bonchev–Trinajstić information content (AvgIpc) is 2.69. The van der Waals surface area contributed by atoms with Crippen LogP contribution in [0.25, 0.3) is 11.0 Å². The summed E-state index contributed by atoms with van der Waals surface area (Å²) in [5, 5.41) is 5.75. The molecule has 0 spiro atoms. The van der Waals surface area contributed by atoms with Gasteiger partial charge < -0.3 is 15.4 Å². The lowest BCUT2D eigenvalue weighted by Gasteiger charge is -2.26. The van der Waals surface area contributed by atoms with Crippen LogP contribution in [0.3, 0.4) is 0 Å². The molecule has 0 radical (unpaired) electrons. The Hall–Kier alpha value is -2.25. The van der Waals surface area contributed by atoms with Crippen LogP contribution in [0.1, 0.15) is 31.7 Å². The molecule has 1 aromatic carbocycles. The van der Waals surface area contributed by atoms with E-state index in [9.17, 15) is 4.79 Å². The van der Waals surface area contributed by atoms with Crippen molar-refractivity contribution in [1.82, 2.24) is 20.2 Å². The molecule has 2 N–H and O–H groups in total. The zero-order valence-electron chi connectivity index (χ0n) is 16.8. The summed E-state index contributed by atoms with van der Waals surface area (Å²) in [4.78, 5) is 23.4. The van der Waals surface area contributed by atoms with Crippen LogP contribution in [-0.2, 0) is 4.74 Å². The summed E-state index contributed by atoms with van der Waals surface area (Å²) < 4.78 is 5.32. The van der Waals surface area contributed by atoms with E-state index in [1.54, 1.807) is 0 Å². The van der Waals surface area contributed by atoms with Gasteiger partial charge in [-0.1, -0.05) is 13.8 Å². The fourth-order valence-corrected chi connectivity index (χ4v) is 2.81. The molecule has 0 atom stereocenters. The van der Waals surface area contributed by atoms with Gasteiger partial charge >= 0.3 is 6.03 Å². The number of hydrogen-bond donors (Lipinski definition) is 2. The summed E-state index contributed by atoms with van der Waals surface area (Å²) in [6.07, 6.45) is 0.926. The highest BCUT2D eigenvalue weighted by Gasteiger charge is 2.10. The van der Waals surface area contributed by atoms with Crippen molar-refractivity contribution in [2.24, 2.45) is 0 Å². The molecule has 2 heterocycles. The van der Waals surface area contributed by atoms with Gasteiger partial charge in [-0.3, -0.25) is 4.90 Å². The van der Waals surface area contributed by atoms with Crippen LogP contribution < -0.4 is 10.6 Å². The van der Waals surface area contributed by atoms with Gasteiger partial charge in [0.1, 0.15) is 0 Å². The number of fused-ring (bicyclic) bond motifs is 1. The van der Waals surface area contributed by atoms with Crippen molar-refractivity contribution in [2.45, 2.75) is 34.1 Å². The number of amides is 2. The molecule has 3 rings (SSSR count). The zero-order chi connectivity index (χ0) is 19.6. The minimum atomic E-state index is -0.196. The second-order valence-corrected chi connectivity index (χ2v) is 6.29. The smallest absolute Gasteiger partial charge is 0.319 e. The summed E-state index contributed by atoms with van der Waals surface area (Å²) >= 11 is 0. The number of carbonyl (C=O) groups excluding carboxylic acids is 1. The first-order valence-electron chi connectivity index (χ1n) is 9.72. The van der Waals surface area contributed by atoms with E-state index in [-0.39, 0.29) is 6.03 Å². The van der Waals surface area contributed by atoms with Gasteiger partial charge in [0.25, 0.3) is 0 Å². The predicted molar refractivity (Wildman–Crippen MR) is 109 cm³/mol. The van der Waals surface area contributed by atoms with Crippen LogP contribution in [0.2, 0.25) is 0 Å². The van der Waals surface area contributed by atoms with E-state index >= 15 is 0 Å². The Morgan fingerprint density at radius 3 is 2.48 bits per heavy atom. The van der Waals surface area contributed by atoms with Gasteiger partial charge in [0.2, 0.25) is 0 Å². The third-order valence-electron chi connectivity index (χ3n) is 4.37. The van der Waals surface area contributed by atoms with Crippen LogP contribution in [-0.4, -0.2) is 60.3 Å². The predicted octanol–water partition coefficient (Wildman–Crippen LogP) is 3.12. The SMILES string of the molecule is CC.Cc1nc2ccc(NC(=O)NCCCN3CCOCC3)cc2nc1C. The Labute approximate surface area is 161 Å². The molecule has 2 amide bonds. The maximum atomic E-state index is 12.0. The molecular formula is C20H31N5O2. The number of nitrogens with zero attached hydrogens (tertiary/aromatic N) is 3. The highest BCUT2D eigenvalue weighted by molar-refractivity contribution is 5.91. The van der Waals surface area contributed by atoms with Crippen molar-refractivity contribution < 1.29 is 9.53 Å². The minimum absolute atomic E-state index is 0.196. The van der Waals surface area contributed by atoms with Gasteiger partial charge in [0, 0.05) is 25.3 Å². The van der Waals surface area contributed by atoms with Gasteiger partial charge in [-0.2, -0.15) is 0 Å². The van der Waals surface area contributed by atoms with E-state index in [1.165, 1.54) is 0 Å². The van der Waals surface area contributed by atoms with E-state index < -0.39 is 0 Å². The Kier molecular flexibility index (Phi) is 8.42. The molecule has 1 saturated heterocycles. The lowest BCUT2D eigenvalue weighted by atomic mass is 10.2. The summed E-state index contributed by atoms with van der Waals surface area (Å²) in [6, 6.07) is 5.38. The largest absolute Gasteiger partial charge is 0.379 e. The maximum Gasteiger partial charge on any atom is 0.319 e. The summed E-state index contributed by atoms with van der Waals surface area (Å²) in [7, 11) is 0. The van der Waals surface area contributed by atoms with Gasteiger partial charge in [-0.25, -0.2) is 14.8 Å². The van der Waals surface area contributed by atoms with Crippen LogP contribution >= 0.6 is 0 Å². The number of anilines is 1. The van der Waals surface area contributed by atoms with E-state index in [4.69, 9.17) is 4.74 Å². The summed E-state index contributed by atoms with van der Waals surface area (Å²) in [6.45, 7) is 13.1. The van der Waals surface area contributed by atoms with Crippen molar-refractivity contribution in [2.75, 3.05) is 44.7 Å². The number of aryl methyl sites for hydroxylation is 2. The highest BCUT2D eigenvalue weighted by Crippen LogP contribution is 2.17. The number of aromatic nitrogens is 2. The Bertz CT molecular complexity index is 744. The lowest BCUT2D eigenvalue weighted by Crippen LogP contribution is -2.38. The van der Waals surface area contributed by atoms with Gasteiger partial charge in [0.05, 0.1) is 35.6 Å². The molecule has 0 unspecified atom stereocenters. The van der Waals surface area contributed by atoms with Gasteiger partial charge in [0.15, 0.2) is 0 Å². The minimum Gasteiger partial charge on any atom is -0.379 e. The standard InChI is InChI=1S/C18H25N5O2.C2H6/c1-13-14(2)21-17-12-15(4-5-16(17)20-13)22-18(24)19-6-3-7-23-8-10-25-11-9-23;1-2/h4-5,12H,3,6-11H2,1-2H3,(H2,19,22,24);1-2H3. The molecule has 1 aliphatic heterocycles. The molecule has 7 nitrogen and oxygen atoms in total. The molecule has 1 aliphatic rings. The quantitative estimate of drug-likeness (QED) is 0.787. The molecule has 7 heteroatoms. The van der Waals surface area contributed by atoms with E-state index in [1.807, 2.05) is 45.9 Å². The van der Waals surface area contributed by atoms with Crippen LogP contribution in [0.15, 0.2) is 18.2 Å². The molecule has 1 aromatic heterocycles. The first-order chi connectivity index (χ1) is 13.1. The number of hydrogen-bond acceptors (Lipinski definition) is 5. The number of urea groups is 1. The molecule has 148 valence electrons. The fourth-order valence-electron chi connectivity index (χ4n) is 2.81. The number of ether oxygens (including phenoxy) is 1. The molecule has 27 heavy (non-hydrogen) atoms. The number of morpholine rings is 1. The van der Waals surface area contributed by atoms with Crippen molar-refractivity contribution in [1.29, 1.82) is 0 Å². The van der Waals surface area contributed by atoms with Crippen LogP contribution in [0.4, 0.5) is 10.5 Å². The first kappa shape index (κ1) is 21.1. The van der Waals surface area contributed by atoms with E-state index in [0.717, 1.165) is 67.4 Å². The number of carbonyl (C=O) groups is 1. The number of benzene rings is 1. The summed E-state index contributed by atoms with van der Waals surface area (Å²) in [5.41, 5.74) is 4.16. The maximum absolute atomic E-state index is 12.0. The van der Waals surface area contributed by atoms with Crippen molar-refractivity contribution in [3.05, 3.63) is 29.6 Å². The number of nitrogens with one attached hydrogen (secondary N) is 2. The molecular weight excluding hydrogens is 342 g/mol. The molecule has 1 fully saturated rings. The second-order valence-electron chi connectivity index (χ2n) is 6.29. The third-order valence-corrected chi connectivity index (χ3v) is 4.37. The molecule has 0 aliphatic carbocycles. The van der Waals surface area contributed by atoms with Crippen molar-refractivity contribution in [3.63, 3.8) is 0 Å². The molecule has 0 saturated carbocycles. The average molecular weight is 374 g/mol. The van der Waals surface area contributed by atoms with Crippen molar-refractivity contribution in [3.8, 4) is 0 Å². The monoisotopic (exact) mass is 373 g/mol. The first-order valence-corrected chi connectivity index (χ1v) is 9.72. The number of rotatable bonds is 5. The highest BCUT2D eigenvalue weighted by atomic mass is 16.5. The topological polar surface area (TPSA) is 79.4 Å². The Morgan fingerprint density at radius 1 is 1.11 bits per heavy atom. The summed E-state index contributed by atoms with van der Waals surface area (Å²) in [5.74, 6) is 0. The zero-order valence-corrected chi connectivity index (χ0v) is 16.8. The molecule has 2 aromatic rings. The van der Waals surface area contributed by atoms with Gasteiger partial charge in [-0.15, -0.1) is 0 Å². The normalized spacial score (nSPS) is 14.4. The van der Waals surface area contributed by atoms with E-state index in [2.05, 4.69) is 25.5 Å². The third kappa shape index (κ3) is 6.45. The van der Waals surface area contributed by atoms with Crippen LogP contribution in [0.5, 0.6) is 0 Å².